The topological polar surface area (TPSA) is 29.5 Å². The molecule has 0 radical (unpaired) electrons. The van der Waals surface area contributed by atoms with E-state index in [0.717, 1.165) is 18.4 Å². The van der Waals surface area contributed by atoms with Crippen LogP contribution in [-0.4, -0.2) is 23.5 Å². The second kappa shape index (κ2) is 7.41. The average Bonchev–Trinajstić information content (AvgIpc) is 3.38. The fourth-order valence-corrected chi connectivity index (χ4v) is 2.72. The minimum absolute atomic E-state index is 0.0935. The first-order valence-electron chi connectivity index (χ1n) is 7.64. The van der Waals surface area contributed by atoms with Crippen LogP contribution >= 0.6 is 23.2 Å². The molecule has 6 heteroatoms. The zero-order valence-electron chi connectivity index (χ0n) is 12.8. The van der Waals surface area contributed by atoms with E-state index in [1.165, 1.54) is 12.1 Å². The number of ether oxygens (including phenoxy) is 1. The molecule has 3 nitrogen and oxygen atoms in total. The van der Waals surface area contributed by atoms with Gasteiger partial charge in [0.15, 0.2) is 6.61 Å². The summed E-state index contributed by atoms with van der Waals surface area (Å²) in [6.45, 7) is 0.287. The molecule has 0 aliphatic heterocycles. The van der Waals surface area contributed by atoms with Crippen molar-refractivity contribution in [3.05, 3.63) is 63.9 Å². The van der Waals surface area contributed by atoms with Crippen molar-refractivity contribution in [1.29, 1.82) is 0 Å². The van der Waals surface area contributed by atoms with Gasteiger partial charge in [0.1, 0.15) is 11.6 Å². The lowest BCUT2D eigenvalue weighted by Gasteiger charge is -2.22. The fourth-order valence-electron chi connectivity index (χ4n) is 2.43. The van der Waals surface area contributed by atoms with Crippen LogP contribution in [0.15, 0.2) is 42.5 Å². The average molecular weight is 368 g/mol. The van der Waals surface area contributed by atoms with Crippen molar-refractivity contribution in [2.24, 2.45) is 0 Å². The molecule has 1 amide bonds. The molecule has 0 spiro atoms. The molecular formula is C18H16Cl2FNO2. The monoisotopic (exact) mass is 367 g/mol. The Labute approximate surface area is 149 Å². The summed E-state index contributed by atoms with van der Waals surface area (Å²) in [6.07, 6.45) is 1.93. The van der Waals surface area contributed by atoms with E-state index in [9.17, 15) is 9.18 Å². The van der Waals surface area contributed by atoms with Crippen LogP contribution in [0.25, 0.3) is 0 Å². The third kappa shape index (κ3) is 4.40. The van der Waals surface area contributed by atoms with Crippen molar-refractivity contribution >= 4 is 29.1 Å². The molecule has 126 valence electrons. The number of carbonyl (C=O) groups excluding carboxylic acids is 1. The van der Waals surface area contributed by atoms with Gasteiger partial charge in [0.25, 0.3) is 5.91 Å². The van der Waals surface area contributed by atoms with Gasteiger partial charge in [-0.25, -0.2) is 4.39 Å². The van der Waals surface area contributed by atoms with E-state index in [1.54, 1.807) is 29.2 Å². The molecule has 2 aromatic carbocycles. The molecule has 1 aliphatic rings. The summed E-state index contributed by atoms with van der Waals surface area (Å²) in [5, 5.41) is 0.807. The zero-order valence-corrected chi connectivity index (χ0v) is 14.4. The summed E-state index contributed by atoms with van der Waals surface area (Å²) in [4.78, 5) is 14.2. The maximum Gasteiger partial charge on any atom is 0.261 e. The number of amides is 1. The summed E-state index contributed by atoms with van der Waals surface area (Å²) in [5.74, 6) is 0.0508. The van der Waals surface area contributed by atoms with Crippen molar-refractivity contribution < 1.29 is 13.9 Å². The Morgan fingerprint density at radius 1 is 1.17 bits per heavy atom. The Balaban J connectivity index is 1.63. The summed E-state index contributed by atoms with van der Waals surface area (Å²) >= 11 is 11.8. The van der Waals surface area contributed by atoms with E-state index in [4.69, 9.17) is 27.9 Å². The lowest BCUT2D eigenvalue weighted by atomic mass is 10.2. The molecule has 24 heavy (non-hydrogen) atoms. The Kier molecular flexibility index (Phi) is 5.27. The van der Waals surface area contributed by atoms with Gasteiger partial charge in [-0.3, -0.25) is 4.79 Å². The van der Waals surface area contributed by atoms with Crippen LogP contribution in [-0.2, 0) is 11.3 Å². The van der Waals surface area contributed by atoms with Crippen LogP contribution in [0.3, 0.4) is 0 Å². The van der Waals surface area contributed by atoms with Crippen LogP contribution < -0.4 is 4.74 Å². The second-order valence-corrected chi connectivity index (χ2v) is 6.56. The molecule has 1 fully saturated rings. The van der Waals surface area contributed by atoms with E-state index in [1.807, 2.05) is 6.07 Å². The quantitative estimate of drug-likeness (QED) is 0.740. The second-order valence-electron chi connectivity index (χ2n) is 5.75. The van der Waals surface area contributed by atoms with Crippen molar-refractivity contribution in [3.8, 4) is 5.75 Å². The largest absolute Gasteiger partial charge is 0.484 e. The minimum Gasteiger partial charge on any atom is -0.484 e. The Bertz CT molecular complexity index is 750. The number of hydrogen-bond donors (Lipinski definition) is 0. The maximum atomic E-state index is 13.3. The van der Waals surface area contributed by atoms with E-state index in [-0.39, 0.29) is 24.4 Å². The van der Waals surface area contributed by atoms with Crippen molar-refractivity contribution in [2.75, 3.05) is 6.61 Å². The van der Waals surface area contributed by atoms with E-state index in [0.29, 0.717) is 22.3 Å². The van der Waals surface area contributed by atoms with Gasteiger partial charge in [0, 0.05) is 18.7 Å². The smallest absolute Gasteiger partial charge is 0.261 e. The van der Waals surface area contributed by atoms with Gasteiger partial charge in [-0.1, -0.05) is 35.3 Å². The highest BCUT2D eigenvalue weighted by molar-refractivity contribution is 6.42. The fraction of sp³-hybridized carbons (Fsp3) is 0.278. The molecule has 0 unspecified atom stereocenters. The summed E-state index contributed by atoms with van der Waals surface area (Å²) < 4.78 is 18.8. The minimum atomic E-state index is -0.303. The number of hydrogen-bond acceptors (Lipinski definition) is 2. The Hall–Kier alpha value is -1.78. The summed E-state index contributed by atoms with van der Waals surface area (Å²) in [5.41, 5.74) is 0.768. The van der Waals surface area contributed by atoms with E-state index in [2.05, 4.69) is 0 Å². The summed E-state index contributed by atoms with van der Waals surface area (Å²) in [7, 11) is 0. The first-order chi connectivity index (χ1) is 11.5. The SMILES string of the molecule is O=C(COc1ccc(Cl)c(Cl)c1)N(Cc1cccc(F)c1)C1CC1. The standard InChI is InChI=1S/C18H16Cl2FNO2/c19-16-7-6-15(9-17(16)20)24-11-18(23)22(14-4-5-14)10-12-2-1-3-13(21)8-12/h1-3,6-9,14H,4-5,10-11H2. The number of carbonyl (C=O) groups is 1. The van der Waals surface area contributed by atoms with Gasteiger partial charge in [-0.2, -0.15) is 0 Å². The molecule has 0 N–H and O–H groups in total. The van der Waals surface area contributed by atoms with Crippen LogP contribution in [0, 0.1) is 5.82 Å². The first-order valence-corrected chi connectivity index (χ1v) is 8.40. The van der Waals surface area contributed by atoms with Crippen LogP contribution in [0.4, 0.5) is 4.39 Å². The van der Waals surface area contributed by atoms with Gasteiger partial charge >= 0.3 is 0 Å². The van der Waals surface area contributed by atoms with Gasteiger partial charge in [-0.15, -0.1) is 0 Å². The lowest BCUT2D eigenvalue weighted by Crippen LogP contribution is -2.36. The molecule has 2 aromatic rings. The maximum absolute atomic E-state index is 13.3. The number of benzene rings is 2. The molecule has 0 aromatic heterocycles. The van der Waals surface area contributed by atoms with Crippen LogP contribution in [0.1, 0.15) is 18.4 Å². The summed E-state index contributed by atoms with van der Waals surface area (Å²) in [6, 6.07) is 11.4. The highest BCUT2D eigenvalue weighted by Crippen LogP contribution is 2.29. The molecular weight excluding hydrogens is 352 g/mol. The van der Waals surface area contributed by atoms with Gasteiger partial charge in [0.05, 0.1) is 10.0 Å². The highest BCUT2D eigenvalue weighted by Gasteiger charge is 2.32. The molecule has 1 saturated carbocycles. The predicted molar refractivity (Wildman–Crippen MR) is 91.9 cm³/mol. The van der Waals surface area contributed by atoms with Crippen molar-refractivity contribution in [3.63, 3.8) is 0 Å². The highest BCUT2D eigenvalue weighted by atomic mass is 35.5. The number of halogens is 3. The molecule has 0 bridgehead atoms. The van der Waals surface area contributed by atoms with E-state index < -0.39 is 0 Å². The predicted octanol–water partition coefficient (Wildman–Crippen LogP) is 4.70. The molecule has 3 rings (SSSR count). The van der Waals surface area contributed by atoms with Crippen LogP contribution in [0.5, 0.6) is 5.75 Å². The zero-order chi connectivity index (χ0) is 17.1. The molecule has 1 aliphatic carbocycles. The third-order valence-corrected chi connectivity index (χ3v) is 4.54. The van der Waals surface area contributed by atoms with E-state index >= 15 is 0 Å². The Morgan fingerprint density at radius 3 is 2.62 bits per heavy atom. The lowest BCUT2D eigenvalue weighted by molar-refractivity contribution is -0.134. The number of rotatable bonds is 6. The Morgan fingerprint density at radius 2 is 1.96 bits per heavy atom. The molecule has 0 atom stereocenters. The first kappa shape index (κ1) is 17.1. The third-order valence-electron chi connectivity index (χ3n) is 3.80. The molecule has 0 heterocycles. The van der Waals surface area contributed by atoms with Crippen molar-refractivity contribution in [2.45, 2.75) is 25.4 Å². The van der Waals surface area contributed by atoms with Gasteiger partial charge in [-0.05, 0) is 42.7 Å². The van der Waals surface area contributed by atoms with Gasteiger partial charge < -0.3 is 9.64 Å². The number of nitrogens with zero attached hydrogens (tertiary/aromatic N) is 1. The van der Waals surface area contributed by atoms with Crippen LogP contribution in [0.2, 0.25) is 10.0 Å². The molecule has 0 saturated heterocycles. The van der Waals surface area contributed by atoms with Gasteiger partial charge in [0.2, 0.25) is 0 Å². The van der Waals surface area contributed by atoms with Crippen molar-refractivity contribution in [1.82, 2.24) is 4.90 Å². The normalized spacial score (nSPS) is 13.6.